The molecule has 6 bridgehead atoms. The van der Waals surface area contributed by atoms with E-state index >= 15 is 9.59 Å². The number of fused-ring (bicyclic) bond motifs is 8. The summed E-state index contributed by atoms with van der Waals surface area (Å²) >= 11 is 0. The van der Waals surface area contributed by atoms with E-state index in [2.05, 4.69) is 93.4 Å². The molecule has 9 heterocycles. The number of rotatable bonds is 10. The average Bonchev–Trinajstić information content (AvgIpc) is 4.36. The Morgan fingerprint density at radius 2 is 1.85 bits per heavy atom. The summed E-state index contributed by atoms with van der Waals surface area (Å²) in [5, 5.41) is 9.98. The molecule has 1 aromatic carbocycles. The Balaban J connectivity index is 0.843. The molecule has 388 valence electrons. The van der Waals surface area contributed by atoms with Crippen molar-refractivity contribution < 1.29 is 28.6 Å². The molecule has 15 heteroatoms. The van der Waals surface area contributed by atoms with Gasteiger partial charge in [-0.25, -0.2) is 5.43 Å². The zero-order valence-corrected chi connectivity index (χ0v) is 43.5. The van der Waals surface area contributed by atoms with E-state index in [1.165, 1.54) is 46.1 Å². The lowest BCUT2D eigenvalue weighted by atomic mass is 9.84. The van der Waals surface area contributed by atoms with Crippen molar-refractivity contribution in [1.82, 2.24) is 45.3 Å². The summed E-state index contributed by atoms with van der Waals surface area (Å²) < 4.78 is 21.3. The summed E-state index contributed by atoms with van der Waals surface area (Å²) in [5.41, 5.74) is 11.4. The zero-order chi connectivity index (χ0) is 49.5. The first kappa shape index (κ1) is 48.7. The van der Waals surface area contributed by atoms with Crippen LogP contribution in [0.1, 0.15) is 121 Å². The zero-order valence-electron chi connectivity index (χ0n) is 43.5. The van der Waals surface area contributed by atoms with Crippen molar-refractivity contribution in [3.05, 3.63) is 59.4 Å². The molecule has 3 amide bonds. The molecule has 3 unspecified atom stereocenters. The number of hydrogen-bond acceptors (Lipinski definition) is 11. The van der Waals surface area contributed by atoms with Crippen LogP contribution in [-0.4, -0.2) is 156 Å². The average molecular weight is 986 g/mol. The Kier molecular flexibility index (Phi) is 13.2. The minimum absolute atomic E-state index is 0.00214. The van der Waals surface area contributed by atoms with Gasteiger partial charge < -0.3 is 29.0 Å². The fourth-order valence-electron chi connectivity index (χ4n) is 14.2. The molecular weight excluding hydrogens is 907 g/mol. The number of benzene rings is 1. The summed E-state index contributed by atoms with van der Waals surface area (Å²) in [6.45, 7) is 15.8. The number of nitrogens with one attached hydrogen (secondary N) is 3. The topological polar surface area (TPSA) is 159 Å². The first-order chi connectivity index (χ1) is 34.9. The van der Waals surface area contributed by atoms with E-state index in [4.69, 9.17) is 19.2 Å². The van der Waals surface area contributed by atoms with Crippen LogP contribution in [0.2, 0.25) is 0 Å². The van der Waals surface area contributed by atoms with E-state index in [-0.39, 0.29) is 71.1 Å². The Morgan fingerprint density at radius 3 is 2.65 bits per heavy atom. The highest BCUT2D eigenvalue weighted by atomic mass is 16.8. The van der Waals surface area contributed by atoms with Gasteiger partial charge in [-0.2, -0.15) is 0 Å². The van der Waals surface area contributed by atoms with Gasteiger partial charge in [0.15, 0.2) is 6.29 Å². The molecule has 3 N–H and O–H groups in total. The minimum Gasteiger partial charge on any atom is -0.375 e. The molecule has 3 aromatic rings. The Morgan fingerprint density at radius 1 is 1.01 bits per heavy atom. The van der Waals surface area contributed by atoms with Gasteiger partial charge in [-0.1, -0.05) is 38.8 Å². The second-order valence-electron chi connectivity index (χ2n) is 24.1. The fraction of sp³-hybridized carbons (Fsp3) is 0.684. The maximum Gasteiger partial charge on any atom is 0.260 e. The molecule has 2 aliphatic carbocycles. The third kappa shape index (κ3) is 9.46. The number of ether oxygens (including phenoxy) is 3. The first-order valence-corrected chi connectivity index (χ1v) is 27.9. The molecule has 1 spiro atoms. The highest BCUT2D eigenvalue weighted by Crippen LogP contribution is 2.46. The largest absolute Gasteiger partial charge is 0.375 e. The van der Waals surface area contributed by atoms with E-state index in [9.17, 15) is 4.79 Å². The molecule has 5 saturated heterocycles. The molecule has 12 rings (SSSR count). The molecule has 10 atom stereocenters. The number of aromatic nitrogens is 2. The summed E-state index contributed by atoms with van der Waals surface area (Å²) in [7, 11) is 1.75. The van der Waals surface area contributed by atoms with Crippen molar-refractivity contribution in [2.45, 2.75) is 160 Å². The van der Waals surface area contributed by atoms with Crippen molar-refractivity contribution in [2.24, 2.45) is 22.7 Å². The predicted molar refractivity (Wildman–Crippen MR) is 276 cm³/mol. The number of hydrogen-bond donors (Lipinski definition) is 3. The van der Waals surface area contributed by atoms with Crippen molar-refractivity contribution >= 4 is 34.2 Å². The summed E-state index contributed by atoms with van der Waals surface area (Å²) in [6, 6.07) is 10.4. The second-order valence-corrected chi connectivity index (χ2v) is 24.1. The molecule has 7 aliphatic heterocycles. The normalized spacial score (nSPS) is 32.8. The van der Waals surface area contributed by atoms with Crippen LogP contribution in [0, 0.1) is 22.7 Å². The SMILES string of the molecule is CCn1c(-c2cccnc2[C@H](C)OC)c2c3cc(ccc31)C1=CCCN(C1)C[C@H](NC(=O)[C@H](C1CCCC1)N1CC[C@]3(CCN(C(=O)[C@@H]4N[C@@H]4C4CC4)C3)C1)C(=O)N1CCC[C@H](N1)C1OC1OCC(C)(C)C2. The molecule has 9 aliphatic rings. The lowest BCUT2D eigenvalue weighted by Crippen LogP contribution is -2.63. The monoisotopic (exact) mass is 986 g/mol. The highest BCUT2D eigenvalue weighted by Gasteiger charge is 2.55. The fourth-order valence-corrected chi connectivity index (χ4v) is 14.2. The Hall–Kier alpha value is -4.22. The van der Waals surface area contributed by atoms with Crippen molar-refractivity contribution in [3.8, 4) is 11.3 Å². The van der Waals surface area contributed by atoms with E-state index in [1.54, 1.807) is 12.1 Å². The van der Waals surface area contributed by atoms with Crippen molar-refractivity contribution in [1.29, 1.82) is 0 Å². The van der Waals surface area contributed by atoms with Crippen LogP contribution in [0.4, 0.5) is 0 Å². The highest BCUT2D eigenvalue weighted by molar-refractivity contribution is 5.95. The van der Waals surface area contributed by atoms with Gasteiger partial charge in [0, 0.05) is 93.6 Å². The number of amides is 3. The van der Waals surface area contributed by atoms with E-state index in [1.807, 2.05) is 12.3 Å². The maximum absolute atomic E-state index is 15.3. The number of epoxide rings is 1. The molecule has 7 fully saturated rings. The lowest BCUT2D eigenvalue weighted by molar-refractivity contribution is -0.143. The number of nitrogens with zero attached hydrogens (tertiary/aromatic N) is 6. The summed E-state index contributed by atoms with van der Waals surface area (Å²) in [4.78, 5) is 55.9. The van der Waals surface area contributed by atoms with Crippen LogP contribution in [0.25, 0.3) is 27.7 Å². The second kappa shape index (κ2) is 19.5. The van der Waals surface area contributed by atoms with Gasteiger partial charge in [0.2, 0.25) is 11.8 Å². The molecule has 15 nitrogen and oxygen atoms in total. The van der Waals surface area contributed by atoms with Gasteiger partial charge in [0.1, 0.15) is 18.2 Å². The van der Waals surface area contributed by atoms with Crippen molar-refractivity contribution in [3.63, 3.8) is 0 Å². The number of carbonyl (C=O) groups excluding carboxylic acids is 3. The van der Waals surface area contributed by atoms with E-state index in [0.29, 0.717) is 38.2 Å². The van der Waals surface area contributed by atoms with Crippen LogP contribution in [0.3, 0.4) is 0 Å². The van der Waals surface area contributed by atoms with Gasteiger partial charge >= 0.3 is 0 Å². The number of hydrazine groups is 1. The quantitative estimate of drug-likeness (QED) is 0.203. The predicted octanol–water partition coefficient (Wildman–Crippen LogP) is 6.06. The third-order valence-electron chi connectivity index (χ3n) is 18.4. The Labute approximate surface area is 426 Å². The van der Waals surface area contributed by atoms with Crippen LogP contribution < -0.4 is 16.1 Å². The minimum atomic E-state index is -0.748. The van der Waals surface area contributed by atoms with Gasteiger partial charge in [-0.3, -0.25) is 39.5 Å². The standard InChI is InChI=1S/C57H79N9O6/c1-6-65-45-20-19-38-28-41(45)42(50(65)40-15-9-23-58-46(40)35(2)70-5)29-56(3,4)34-71-55-51(72-55)43-16-11-25-66(61-43)53(68)44(31-62-24-10-14-39(38)30-62)59-52(67)49(37-12-7-8-13-37)63-26-21-57(32-63)22-27-64(33-57)54(69)48-47(60-48)36-17-18-36/h9,14-15,19-20,23,28,35-37,43-44,47-49,51,55,60-61H,6-8,10-13,16-18,21-22,24-27,29-34H2,1-5H3,(H,59,67)/t35-,43-,44-,47+,48+,49-,51?,55?,57-/m0/s1. The number of pyridine rings is 1. The molecule has 0 radical (unpaired) electrons. The molecule has 2 saturated carbocycles. The smallest absolute Gasteiger partial charge is 0.260 e. The van der Waals surface area contributed by atoms with Crippen LogP contribution in [0.5, 0.6) is 0 Å². The van der Waals surface area contributed by atoms with Gasteiger partial charge in [0.25, 0.3) is 5.91 Å². The maximum atomic E-state index is 15.3. The van der Waals surface area contributed by atoms with Gasteiger partial charge in [-0.05, 0) is 143 Å². The van der Waals surface area contributed by atoms with Gasteiger partial charge in [-0.15, -0.1) is 0 Å². The lowest BCUT2D eigenvalue weighted by Gasteiger charge is -2.39. The van der Waals surface area contributed by atoms with E-state index in [0.717, 1.165) is 115 Å². The van der Waals surface area contributed by atoms with Crippen LogP contribution >= 0.6 is 0 Å². The number of methoxy groups -OCH3 is 1. The van der Waals surface area contributed by atoms with Crippen LogP contribution in [-0.2, 0) is 41.6 Å². The molecule has 72 heavy (non-hydrogen) atoms. The summed E-state index contributed by atoms with van der Waals surface area (Å²) in [5.74, 6) is 1.08. The van der Waals surface area contributed by atoms with E-state index < -0.39 is 6.04 Å². The molecular formula is C57H79N9O6. The van der Waals surface area contributed by atoms with Gasteiger partial charge in [0.05, 0.1) is 36.2 Å². The number of carbonyl (C=O) groups is 3. The number of likely N-dealkylation sites (tertiary alicyclic amines) is 2. The first-order valence-electron chi connectivity index (χ1n) is 27.9. The number of aryl methyl sites for hydroxylation is 1. The Bertz CT molecular complexity index is 2590. The third-order valence-corrected chi connectivity index (χ3v) is 18.4. The van der Waals surface area contributed by atoms with Crippen molar-refractivity contribution in [2.75, 3.05) is 66.1 Å². The molecule has 2 aromatic heterocycles. The summed E-state index contributed by atoms with van der Waals surface area (Å²) in [6.07, 6.45) is 15.5. The van der Waals surface area contributed by atoms with Crippen LogP contribution in [0.15, 0.2) is 42.6 Å².